The topological polar surface area (TPSA) is 12.0 Å². The lowest BCUT2D eigenvalue weighted by atomic mass is 9.71. The fourth-order valence-corrected chi connectivity index (χ4v) is 4.10. The Hall–Kier alpha value is -0.820. The minimum absolute atomic E-state index is 0.625. The molecule has 1 aromatic carbocycles. The van der Waals surface area contributed by atoms with E-state index in [1.807, 2.05) is 0 Å². The lowest BCUT2D eigenvalue weighted by molar-refractivity contribution is 0.171. The van der Waals surface area contributed by atoms with Gasteiger partial charge in [0.1, 0.15) is 0 Å². The second kappa shape index (κ2) is 5.44. The molecular weight excluding hydrogens is 218 g/mol. The highest BCUT2D eigenvalue weighted by Gasteiger charge is 2.33. The van der Waals surface area contributed by atoms with Crippen molar-refractivity contribution in [3.8, 4) is 0 Å². The van der Waals surface area contributed by atoms with E-state index in [4.69, 9.17) is 0 Å². The maximum Gasteiger partial charge on any atom is 0.0354 e. The minimum Gasteiger partial charge on any atom is -0.309 e. The van der Waals surface area contributed by atoms with Crippen molar-refractivity contribution in [1.29, 1.82) is 0 Å². The summed E-state index contributed by atoms with van der Waals surface area (Å²) in [5.41, 5.74) is 3.18. The normalized spacial score (nSPS) is 31.9. The highest BCUT2D eigenvalue weighted by atomic mass is 14.9. The summed E-state index contributed by atoms with van der Waals surface area (Å²) >= 11 is 0. The Morgan fingerprint density at radius 1 is 1.17 bits per heavy atom. The predicted octanol–water partition coefficient (Wildman–Crippen LogP) is 4.09. The fraction of sp³-hybridized carbons (Fsp3) is 0.647. The molecule has 0 saturated heterocycles. The molecule has 98 valence electrons. The lowest BCUT2D eigenvalue weighted by Gasteiger charge is -2.40. The van der Waals surface area contributed by atoms with Crippen LogP contribution >= 0.6 is 0 Å². The maximum absolute atomic E-state index is 3.81. The molecule has 1 aromatic rings. The van der Waals surface area contributed by atoms with Gasteiger partial charge in [-0.2, -0.15) is 0 Å². The monoisotopic (exact) mass is 243 g/mol. The van der Waals surface area contributed by atoms with Crippen molar-refractivity contribution in [3.05, 3.63) is 35.4 Å². The van der Waals surface area contributed by atoms with E-state index in [2.05, 4.69) is 36.5 Å². The van der Waals surface area contributed by atoms with Gasteiger partial charge in [-0.3, -0.25) is 0 Å². The average Bonchev–Trinajstić information content (AvgIpc) is 2.46. The number of fused-ring (bicyclic) bond motifs is 1. The van der Waals surface area contributed by atoms with E-state index in [1.165, 1.54) is 38.5 Å². The number of benzene rings is 1. The third-order valence-electron chi connectivity index (χ3n) is 5.07. The molecule has 0 aromatic heterocycles. The van der Waals surface area contributed by atoms with E-state index in [1.54, 1.807) is 11.1 Å². The third kappa shape index (κ3) is 2.21. The summed E-state index contributed by atoms with van der Waals surface area (Å²) in [6.45, 7) is 3.53. The third-order valence-corrected chi connectivity index (χ3v) is 5.07. The Kier molecular flexibility index (Phi) is 3.69. The van der Waals surface area contributed by atoms with Crippen LogP contribution in [0.4, 0.5) is 0 Å². The predicted molar refractivity (Wildman–Crippen MR) is 76.6 cm³/mol. The Morgan fingerprint density at radius 2 is 2.00 bits per heavy atom. The van der Waals surface area contributed by atoms with Crippen LogP contribution in [0.1, 0.15) is 56.2 Å². The van der Waals surface area contributed by atoms with E-state index in [0.717, 1.165) is 18.4 Å². The van der Waals surface area contributed by atoms with Crippen LogP contribution in [-0.2, 0) is 6.42 Å². The van der Waals surface area contributed by atoms with Crippen LogP contribution < -0.4 is 5.32 Å². The fourth-order valence-electron chi connectivity index (χ4n) is 4.10. The van der Waals surface area contributed by atoms with E-state index in [-0.39, 0.29) is 0 Å². The molecule has 0 amide bonds. The van der Waals surface area contributed by atoms with Crippen LogP contribution in [0.15, 0.2) is 24.3 Å². The number of hydrogen-bond donors (Lipinski definition) is 1. The van der Waals surface area contributed by atoms with E-state index < -0.39 is 0 Å². The molecule has 18 heavy (non-hydrogen) atoms. The molecule has 0 radical (unpaired) electrons. The Morgan fingerprint density at radius 3 is 2.89 bits per heavy atom. The zero-order chi connectivity index (χ0) is 12.4. The Labute approximate surface area is 111 Å². The van der Waals surface area contributed by atoms with Crippen molar-refractivity contribution in [2.24, 2.45) is 11.8 Å². The summed E-state index contributed by atoms with van der Waals surface area (Å²) < 4.78 is 0. The summed E-state index contributed by atoms with van der Waals surface area (Å²) in [6.07, 6.45) is 8.30. The van der Waals surface area contributed by atoms with Crippen molar-refractivity contribution >= 4 is 0 Å². The van der Waals surface area contributed by atoms with Crippen molar-refractivity contribution < 1.29 is 0 Å². The molecule has 1 aliphatic carbocycles. The second-order valence-electron chi connectivity index (χ2n) is 6.00. The first kappa shape index (κ1) is 12.2. The van der Waals surface area contributed by atoms with Crippen LogP contribution in [0.5, 0.6) is 0 Å². The molecule has 3 unspecified atom stereocenters. The van der Waals surface area contributed by atoms with E-state index >= 15 is 0 Å². The van der Waals surface area contributed by atoms with Gasteiger partial charge in [-0.1, -0.05) is 56.9 Å². The van der Waals surface area contributed by atoms with Crippen LogP contribution in [0.25, 0.3) is 0 Å². The van der Waals surface area contributed by atoms with Crippen molar-refractivity contribution in [3.63, 3.8) is 0 Å². The van der Waals surface area contributed by atoms with Crippen LogP contribution in [0.2, 0.25) is 0 Å². The molecule has 1 nitrogen and oxygen atoms in total. The second-order valence-corrected chi connectivity index (χ2v) is 6.00. The summed E-state index contributed by atoms with van der Waals surface area (Å²) in [4.78, 5) is 0. The van der Waals surface area contributed by atoms with Crippen molar-refractivity contribution in [1.82, 2.24) is 5.32 Å². The summed E-state index contributed by atoms with van der Waals surface area (Å²) in [5, 5.41) is 3.81. The van der Waals surface area contributed by atoms with Gasteiger partial charge in [0, 0.05) is 6.04 Å². The van der Waals surface area contributed by atoms with Crippen molar-refractivity contribution in [2.45, 2.75) is 51.5 Å². The minimum atomic E-state index is 0.625. The molecule has 2 aliphatic rings. The summed E-state index contributed by atoms with van der Waals surface area (Å²) in [6, 6.07) is 9.71. The molecule has 1 aliphatic heterocycles. The number of hydrogen-bond acceptors (Lipinski definition) is 1. The van der Waals surface area contributed by atoms with Gasteiger partial charge in [0.25, 0.3) is 0 Å². The standard InChI is InChI=1S/C17H25N/c1-2-13-7-3-5-9-15(13)17-16-10-6-4-8-14(16)11-12-18-17/h4,6,8,10,13,15,17-18H,2-3,5,7,9,11-12H2,1H3. The molecule has 1 N–H and O–H groups in total. The van der Waals surface area contributed by atoms with Gasteiger partial charge in [0.05, 0.1) is 0 Å². The largest absolute Gasteiger partial charge is 0.309 e. The van der Waals surface area contributed by atoms with Crippen LogP contribution in [0.3, 0.4) is 0 Å². The highest BCUT2D eigenvalue weighted by molar-refractivity contribution is 5.33. The summed E-state index contributed by atoms with van der Waals surface area (Å²) in [7, 11) is 0. The smallest absolute Gasteiger partial charge is 0.0354 e. The molecule has 0 bridgehead atoms. The highest BCUT2D eigenvalue weighted by Crippen LogP contribution is 2.42. The molecule has 0 spiro atoms. The molecule has 1 saturated carbocycles. The quantitative estimate of drug-likeness (QED) is 0.825. The van der Waals surface area contributed by atoms with E-state index in [9.17, 15) is 0 Å². The molecule has 3 rings (SSSR count). The molecule has 1 fully saturated rings. The molecular formula is C17H25N. The van der Waals surface area contributed by atoms with Gasteiger partial charge in [-0.05, 0) is 42.3 Å². The maximum atomic E-state index is 3.81. The zero-order valence-corrected chi connectivity index (χ0v) is 11.5. The zero-order valence-electron chi connectivity index (χ0n) is 11.5. The van der Waals surface area contributed by atoms with Crippen LogP contribution in [0, 0.1) is 11.8 Å². The Bertz CT molecular complexity index is 398. The first-order valence-electron chi connectivity index (χ1n) is 7.71. The van der Waals surface area contributed by atoms with Gasteiger partial charge >= 0.3 is 0 Å². The first-order valence-corrected chi connectivity index (χ1v) is 7.71. The van der Waals surface area contributed by atoms with Crippen molar-refractivity contribution in [2.75, 3.05) is 6.54 Å². The van der Waals surface area contributed by atoms with Crippen LogP contribution in [-0.4, -0.2) is 6.54 Å². The SMILES string of the molecule is CCC1CCCCC1C1NCCc2ccccc21. The first-order chi connectivity index (χ1) is 8.90. The van der Waals surface area contributed by atoms with Gasteiger partial charge in [0.15, 0.2) is 0 Å². The molecule has 3 atom stereocenters. The number of rotatable bonds is 2. The Balaban J connectivity index is 1.88. The van der Waals surface area contributed by atoms with Gasteiger partial charge in [-0.15, -0.1) is 0 Å². The summed E-state index contributed by atoms with van der Waals surface area (Å²) in [5.74, 6) is 1.80. The lowest BCUT2D eigenvalue weighted by Crippen LogP contribution is -2.38. The number of nitrogens with one attached hydrogen (secondary N) is 1. The molecule has 1 heterocycles. The molecule has 1 heteroatoms. The average molecular weight is 243 g/mol. The van der Waals surface area contributed by atoms with Gasteiger partial charge in [-0.25, -0.2) is 0 Å². The van der Waals surface area contributed by atoms with E-state index in [0.29, 0.717) is 6.04 Å². The van der Waals surface area contributed by atoms with Gasteiger partial charge < -0.3 is 5.32 Å². The van der Waals surface area contributed by atoms with Gasteiger partial charge in [0.2, 0.25) is 0 Å².